The van der Waals surface area contributed by atoms with E-state index in [1.165, 1.54) is 4.31 Å². The van der Waals surface area contributed by atoms with Crippen LogP contribution in [0.25, 0.3) is 0 Å². The van der Waals surface area contributed by atoms with Gasteiger partial charge in [0.2, 0.25) is 5.91 Å². The number of nitrogens with one attached hydrogen (secondary N) is 1. The summed E-state index contributed by atoms with van der Waals surface area (Å²) in [5, 5.41) is 8.67. The quantitative estimate of drug-likeness (QED) is 0.903. The van der Waals surface area contributed by atoms with Crippen LogP contribution >= 0.6 is 11.3 Å². The number of aryl methyl sites for hydroxylation is 2. The number of amides is 1. The Balaban J connectivity index is 1.81. The van der Waals surface area contributed by atoms with E-state index in [-0.39, 0.29) is 10.1 Å². The number of thiophene rings is 1. The van der Waals surface area contributed by atoms with Gasteiger partial charge < -0.3 is 5.32 Å². The van der Waals surface area contributed by atoms with E-state index in [2.05, 4.69) is 10.4 Å². The molecular formula is C14H18N4O3S2. The van der Waals surface area contributed by atoms with Crippen LogP contribution in [-0.2, 0) is 21.9 Å². The number of carbonyl (C=O) groups is 1. The molecule has 7 nitrogen and oxygen atoms in total. The van der Waals surface area contributed by atoms with Gasteiger partial charge >= 0.3 is 0 Å². The average Bonchev–Trinajstić information content (AvgIpc) is 3.20. The summed E-state index contributed by atoms with van der Waals surface area (Å²) in [6, 6.07) is 4.33. The summed E-state index contributed by atoms with van der Waals surface area (Å²) in [5.41, 5.74) is 0.789. The summed E-state index contributed by atoms with van der Waals surface area (Å²) in [6.45, 7) is 2.20. The average molecular weight is 354 g/mol. The van der Waals surface area contributed by atoms with E-state index in [1.807, 2.05) is 6.92 Å². The van der Waals surface area contributed by atoms with Gasteiger partial charge in [-0.2, -0.15) is 9.40 Å². The van der Waals surface area contributed by atoms with Crippen molar-refractivity contribution < 1.29 is 13.2 Å². The van der Waals surface area contributed by atoms with Gasteiger partial charge in [0.1, 0.15) is 16.1 Å². The van der Waals surface area contributed by atoms with E-state index in [0.29, 0.717) is 25.2 Å². The molecule has 0 radical (unpaired) electrons. The lowest BCUT2D eigenvalue weighted by Crippen LogP contribution is -2.43. The van der Waals surface area contributed by atoms with Gasteiger partial charge in [0, 0.05) is 19.7 Å². The molecule has 124 valence electrons. The minimum absolute atomic E-state index is 0.272. The van der Waals surface area contributed by atoms with Crippen molar-refractivity contribution in [3.8, 4) is 0 Å². The van der Waals surface area contributed by atoms with Crippen LogP contribution in [0.1, 0.15) is 18.5 Å². The van der Waals surface area contributed by atoms with Crippen LogP contribution in [-0.4, -0.2) is 41.0 Å². The molecule has 1 fully saturated rings. The second-order valence-electron chi connectivity index (χ2n) is 5.49. The smallest absolute Gasteiger partial charge is 0.253 e. The highest BCUT2D eigenvalue weighted by Crippen LogP contribution is 2.29. The Morgan fingerprint density at radius 2 is 2.26 bits per heavy atom. The lowest BCUT2D eigenvalue weighted by atomic mass is 10.2. The number of rotatable bonds is 4. The Kier molecular flexibility index (Phi) is 4.26. The molecule has 1 saturated heterocycles. The maximum absolute atomic E-state index is 12.7. The van der Waals surface area contributed by atoms with Gasteiger partial charge in [0.05, 0.1) is 5.69 Å². The third-order valence-corrected chi connectivity index (χ3v) is 7.10. The van der Waals surface area contributed by atoms with Crippen LogP contribution in [0.4, 0.5) is 5.82 Å². The molecule has 23 heavy (non-hydrogen) atoms. The molecule has 0 bridgehead atoms. The maximum Gasteiger partial charge on any atom is 0.253 e. The van der Waals surface area contributed by atoms with E-state index in [1.54, 1.807) is 35.3 Å². The molecule has 0 aliphatic carbocycles. The van der Waals surface area contributed by atoms with Crippen molar-refractivity contribution in [1.29, 1.82) is 0 Å². The van der Waals surface area contributed by atoms with Crippen LogP contribution in [0.2, 0.25) is 0 Å². The fourth-order valence-corrected chi connectivity index (χ4v) is 5.53. The summed E-state index contributed by atoms with van der Waals surface area (Å²) in [6.07, 6.45) is 1.19. The fraction of sp³-hybridized carbons (Fsp3) is 0.429. The molecule has 1 aliphatic rings. The minimum Gasteiger partial charge on any atom is -0.310 e. The zero-order valence-electron chi connectivity index (χ0n) is 12.9. The Morgan fingerprint density at radius 3 is 2.87 bits per heavy atom. The van der Waals surface area contributed by atoms with Gasteiger partial charge in [-0.3, -0.25) is 9.48 Å². The summed E-state index contributed by atoms with van der Waals surface area (Å²) in [7, 11) is -1.88. The van der Waals surface area contributed by atoms with Gasteiger partial charge in [0.25, 0.3) is 10.0 Å². The number of hydrogen-bond acceptors (Lipinski definition) is 5. The predicted molar refractivity (Wildman–Crippen MR) is 87.8 cm³/mol. The first-order chi connectivity index (χ1) is 10.9. The highest BCUT2D eigenvalue weighted by atomic mass is 32.2. The van der Waals surface area contributed by atoms with E-state index in [0.717, 1.165) is 17.0 Å². The van der Waals surface area contributed by atoms with Crippen molar-refractivity contribution in [2.24, 2.45) is 7.05 Å². The van der Waals surface area contributed by atoms with Gasteiger partial charge in [-0.1, -0.05) is 6.07 Å². The standard InChI is InChI=1S/C14H18N4O3S2/c1-10-9-12(17(2)16-10)15-14(19)11-5-3-7-18(11)23(20,21)13-6-4-8-22-13/h4,6,8-9,11H,3,5,7H2,1-2H3,(H,15,19). The van der Waals surface area contributed by atoms with Crippen LogP contribution in [0.15, 0.2) is 27.8 Å². The van der Waals surface area contributed by atoms with Gasteiger partial charge in [-0.05, 0) is 31.2 Å². The minimum atomic E-state index is -3.62. The van der Waals surface area contributed by atoms with Gasteiger partial charge in [0.15, 0.2) is 0 Å². The second-order valence-corrected chi connectivity index (χ2v) is 8.55. The lowest BCUT2D eigenvalue weighted by Gasteiger charge is -2.22. The molecule has 0 saturated carbocycles. The molecule has 3 heterocycles. The van der Waals surface area contributed by atoms with Crippen molar-refractivity contribution >= 4 is 33.1 Å². The Morgan fingerprint density at radius 1 is 1.48 bits per heavy atom. The summed E-state index contributed by atoms with van der Waals surface area (Å²) in [4.78, 5) is 12.5. The predicted octanol–water partition coefficient (Wildman–Crippen LogP) is 1.58. The van der Waals surface area contributed by atoms with E-state index < -0.39 is 16.1 Å². The third-order valence-electron chi connectivity index (χ3n) is 3.82. The zero-order valence-corrected chi connectivity index (χ0v) is 14.5. The molecule has 0 spiro atoms. The Labute approximate surface area is 139 Å². The summed E-state index contributed by atoms with van der Waals surface area (Å²) < 4.78 is 28.5. The molecule has 1 atom stereocenters. The largest absolute Gasteiger partial charge is 0.310 e. The van der Waals surface area contributed by atoms with E-state index >= 15 is 0 Å². The Bertz CT molecular complexity index is 811. The molecule has 1 amide bonds. The van der Waals surface area contributed by atoms with Gasteiger partial charge in [-0.15, -0.1) is 11.3 Å². The summed E-state index contributed by atoms with van der Waals surface area (Å²) >= 11 is 1.16. The normalized spacial score (nSPS) is 19.1. The number of sulfonamides is 1. The SMILES string of the molecule is Cc1cc(NC(=O)C2CCCN2S(=O)(=O)c2cccs2)n(C)n1. The van der Waals surface area contributed by atoms with E-state index in [9.17, 15) is 13.2 Å². The second kappa shape index (κ2) is 6.06. The van der Waals surface area contributed by atoms with Crippen LogP contribution in [0, 0.1) is 6.92 Å². The van der Waals surface area contributed by atoms with Crippen molar-refractivity contribution in [3.05, 3.63) is 29.3 Å². The Hall–Kier alpha value is -1.71. The first kappa shape index (κ1) is 16.2. The number of carbonyl (C=O) groups excluding carboxylic acids is 1. The molecule has 1 N–H and O–H groups in total. The highest BCUT2D eigenvalue weighted by Gasteiger charge is 2.40. The number of anilines is 1. The van der Waals surface area contributed by atoms with Crippen LogP contribution < -0.4 is 5.32 Å². The van der Waals surface area contributed by atoms with Crippen LogP contribution in [0.3, 0.4) is 0 Å². The molecule has 9 heteroatoms. The molecular weight excluding hydrogens is 336 g/mol. The molecule has 2 aromatic rings. The number of hydrogen-bond donors (Lipinski definition) is 1. The van der Waals surface area contributed by atoms with Crippen molar-refractivity contribution in [2.75, 3.05) is 11.9 Å². The zero-order chi connectivity index (χ0) is 16.6. The first-order valence-corrected chi connectivity index (χ1v) is 9.58. The molecule has 2 aromatic heterocycles. The van der Waals surface area contributed by atoms with Crippen molar-refractivity contribution in [3.63, 3.8) is 0 Å². The topological polar surface area (TPSA) is 84.3 Å². The molecule has 1 unspecified atom stereocenters. The molecule has 0 aromatic carbocycles. The van der Waals surface area contributed by atoms with Crippen LogP contribution in [0.5, 0.6) is 0 Å². The number of aromatic nitrogens is 2. The van der Waals surface area contributed by atoms with E-state index in [4.69, 9.17) is 0 Å². The lowest BCUT2D eigenvalue weighted by molar-refractivity contribution is -0.119. The van der Waals surface area contributed by atoms with Crippen molar-refractivity contribution in [1.82, 2.24) is 14.1 Å². The first-order valence-electron chi connectivity index (χ1n) is 7.26. The molecule has 3 rings (SSSR count). The fourth-order valence-electron chi connectivity index (χ4n) is 2.75. The maximum atomic E-state index is 12.7. The summed E-state index contributed by atoms with van der Waals surface area (Å²) in [5.74, 6) is 0.249. The third kappa shape index (κ3) is 3.04. The molecule has 1 aliphatic heterocycles. The highest BCUT2D eigenvalue weighted by molar-refractivity contribution is 7.91. The van der Waals surface area contributed by atoms with Crippen molar-refractivity contribution in [2.45, 2.75) is 30.0 Å². The number of nitrogens with zero attached hydrogens (tertiary/aromatic N) is 3. The monoisotopic (exact) mass is 354 g/mol. The van der Waals surface area contributed by atoms with Gasteiger partial charge in [-0.25, -0.2) is 8.42 Å².